The van der Waals surface area contributed by atoms with Gasteiger partial charge in [0.05, 0.1) is 11.7 Å². The van der Waals surface area contributed by atoms with Gasteiger partial charge in [0.2, 0.25) is 5.91 Å². The third-order valence-electron chi connectivity index (χ3n) is 3.18. The molecule has 1 aromatic rings. The van der Waals surface area contributed by atoms with E-state index in [1.165, 1.54) is 0 Å². The molecule has 92 valence electrons. The quantitative estimate of drug-likeness (QED) is 0.810. The molecule has 1 saturated heterocycles. The van der Waals surface area contributed by atoms with Gasteiger partial charge in [0.15, 0.2) is 0 Å². The number of carbonyl (C=O) groups excluding carboxylic acids is 1. The van der Waals surface area contributed by atoms with Crippen LogP contribution in [-0.2, 0) is 4.79 Å². The van der Waals surface area contributed by atoms with E-state index in [0.717, 1.165) is 28.6 Å². The highest BCUT2D eigenvalue weighted by Crippen LogP contribution is 2.20. The lowest BCUT2D eigenvalue weighted by molar-refractivity contribution is -0.119. The zero-order valence-electron chi connectivity index (χ0n) is 9.87. The van der Waals surface area contributed by atoms with Crippen molar-refractivity contribution in [2.75, 3.05) is 11.9 Å². The predicted octanol–water partition coefficient (Wildman–Crippen LogP) is 2.62. The molecule has 17 heavy (non-hydrogen) atoms. The van der Waals surface area contributed by atoms with Crippen molar-refractivity contribution in [3.63, 3.8) is 0 Å². The molecule has 0 bridgehead atoms. The van der Waals surface area contributed by atoms with Crippen molar-refractivity contribution in [1.29, 1.82) is 0 Å². The third-order valence-corrected chi connectivity index (χ3v) is 4.12. The van der Waals surface area contributed by atoms with Gasteiger partial charge in [-0.3, -0.25) is 4.79 Å². The number of anilines is 1. The Balaban J connectivity index is 2.03. The second kappa shape index (κ2) is 5.82. The molecule has 1 heterocycles. The summed E-state index contributed by atoms with van der Waals surface area (Å²) in [5.74, 6) is 0.492. The maximum atomic E-state index is 12.2. The van der Waals surface area contributed by atoms with E-state index in [-0.39, 0.29) is 11.9 Å². The van der Waals surface area contributed by atoms with Crippen LogP contribution in [0.2, 0.25) is 0 Å². The first-order chi connectivity index (χ1) is 8.18. The molecule has 1 amide bonds. The highest BCUT2D eigenvalue weighted by Gasteiger charge is 2.27. The van der Waals surface area contributed by atoms with Gasteiger partial charge in [-0.1, -0.05) is 19.1 Å². The Labute approximate surface area is 116 Å². The summed E-state index contributed by atoms with van der Waals surface area (Å²) in [6.07, 6.45) is 2.28. The van der Waals surface area contributed by atoms with Crippen molar-refractivity contribution < 1.29 is 4.79 Å². The highest BCUT2D eigenvalue weighted by molar-refractivity contribution is 14.1. The lowest BCUT2D eigenvalue weighted by atomic mass is 9.92. The molecular weight excluding hydrogens is 327 g/mol. The molecule has 4 heteroatoms. The summed E-state index contributed by atoms with van der Waals surface area (Å²) < 4.78 is 1.07. The highest BCUT2D eigenvalue weighted by atomic mass is 127. The number of hydrogen-bond donors (Lipinski definition) is 2. The van der Waals surface area contributed by atoms with Gasteiger partial charge >= 0.3 is 0 Å². The molecule has 2 unspecified atom stereocenters. The summed E-state index contributed by atoms with van der Waals surface area (Å²) in [5.41, 5.74) is 0.901. The molecule has 3 nitrogen and oxygen atoms in total. The zero-order chi connectivity index (χ0) is 12.3. The molecule has 0 spiro atoms. The first kappa shape index (κ1) is 12.8. The molecule has 0 aromatic heterocycles. The monoisotopic (exact) mass is 344 g/mol. The molecule has 0 radical (unpaired) electrons. The minimum absolute atomic E-state index is 0.0558. The molecule has 0 aliphatic carbocycles. The van der Waals surface area contributed by atoms with Gasteiger partial charge in [-0.05, 0) is 60.0 Å². The van der Waals surface area contributed by atoms with Crippen LogP contribution in [0.1, 0.15) is 19.8 Å². The number of carbonyl (C=O) groups is 1. The normalized spacial score (nSPS) is 24.4. The van der Waals surface area contributed by atoms with E-state index in [2.05, 4.69) is 40.1 Å². The Morgan fingerprint density at radius 2 is 2.24 bits per heavy atom. The largest absolute Gasteiger partial charge is 0.324 e. The minimum atomic E-state index is -0.0558. The summed E-state index contributed by atoms with van der Waals surface area (Å²) in [5, 5.41) is 6.30. The van der Waals surface area contributed by atoms with Crippen LogP contribution in [0, 0.1) is 9.49 Å². The van der Waals surface area contributed by atoms with E-state index in [1.54, 1.807) is 0 Å². The molecule has 1 fully saturated rings. The first-order valence-corrected chi connectivity index (χ1v) is 7.05. The van der Waals surface area contributed by atoms with E-state index < -0.39 is 0 Å². The Hall–Kier alpha value is -0.620. The Morgan fingerprint density at radius 1 is 1.47 bits per heavy atom. The van der Waals surface area contributed by atoms with Crippen LogP contribution >= 0.6 is 22.6 Å². The SMILES string of the molecule is CC1CCCNC1C(=O)Nc1ccccc1I. The van der Waals surface area contributed by atoms with Crippen molar-refractivity contribution in [2.45, 2.75) is 25.8 Å². The number of nitrogens with one attached hydrogen (secondary N) is 2. The second-order valence-corrected chi connectivity index (χ2v) is 5.68. The van der Waals surface area contributed by atoms with Crippen LogP contribution in [0.4, 0.5) is 5.69 Å². The fraction of sp³-hybridized carbons (Fsp3) is 0.462. The van der Waals surface area contributed by atoms with Gasteiger partial charge in [0, 0.05) is 3.57 Å². The summed E-state index contributed by atoms with van der Waals surface area (Å²) in [7, 11) is 0. The fourth-order valence-electron chi connectivity index (χ4n) is 2.17. The van der Waals surface area contributed by atoms with Crippen molar-refractivity contribution in [3.05, 3.63) is 27.8 Å². The van der Waals surface area contributed by atoms with E-state index >= 15 is 0 Å². The average Bonchev–Trinajstić information content (AvgIpc) is 2.32. The van der Waals surface area contributed by atoms with Crippen molar-refractivity contribution in [1.82, 2.24) is 5.32 Å². The molecule has 0 saturated carbocycles. The standard InChI is InChI=1S/C13H17IN2O/c1-9-5-4-8-15-12(9)13(17)16-11-7-3-2-6-10(11)14/h2-3,6-7,9,12,15H,4-5,8H2,1H3,(H,16,17). The number of para-hydroxylation sites is 1. The number of benzene rings is 1. The first-order valence-electron chi connectivity index (χ1n) is 5.97. The van der Waals surface area contributed by atoms with E-state index in [0.29, 0.717) is 5.92 Å². The van der Waals surface area contributed by atoms with E-state index in [1.807, 2.05) is 24.3 Å². The molecule has 1 aliphatic rings. The van der Waals surface area contributed by atoms with Gasteiger partial charge < -0.3 is 10.6 Å². The Bertz CT molecular complexity index is 408. The van der Waals surface area contributed by atoms with E-state index in [4.69, 9.17) is 0 Å². The number of piperidine rings is 1. The number of halogens is 1. The van der Waals surface area contributed by atoms with Crippen LogP contribution in [0.15, 0.2) is 24.3 Å². The van der Waals surface area contributed by atoms with Crippen LogP contribution < -0.4 is 10.6 Å². The number of hydrogen-bond acceptors (Lipinski definition) is 2. The minimum Gasteiger partial charge on any atom is -0.324 e. The summed E-state index contributed by atoms with van der Waals surface area (Å²) >= 11 is 2.23. The summed E-state index contributed by atoms with van der Waals surface area (Å²) in [6, 6.07) is 7.79. The fourth-order valence-corrected chi connectivity index (χ4v) is 2.70. The molecule has 1 aromatic carbocycles. The zero-order valence-corrected chi connectivity index (χ0v) is 12.0. The third kappa shape index (κ3) is 3.19. The van der Waals surface area contributed by atoms with Crippen molar-refractivity contribution in [2.24, 2.45) is 5.92 Å². The van der Waals surface area contributed by atoms with Gasteiger partial charge in [-0.15, -0.1) is 0 Å². The van der Waals surface area contributed by atoms with Crippen molar-refractivity contribution >= 4 is 34.2 Å². The van der Waals surface area contributed by atoms with Crippen LogP contribution in [-0.4, -0.2) is 18.5 Å². The number of amides is 1. The van der Waals surface area contributed by atoms with Gasteiger partial charge in [-0.25, -0.2) is 0 Å². The van der Waals surface area contributed by atoms with Crippen LogP contribution in [0.25, 0.3) is 0 Å². The lowest BCUT2D eigenvalue weighted by Crippen LogP contribution is -2.48. The smallest absolute Gasteiger partial charge is 0.241 e. The van der Waals surface area contributed by atoms with Gasteiger partial charge in [0.25, 0.3) is 0 Å². The van der Waals surface area contributed by atoms with Gasteiger partial charge in [0.1, 0.15) is 0 Å². The topological polar surface area (TPSA) is 41.1 Å². The van der Waals surface area contributed by atoms with Gasteiger partial charge in [-0.2, -0.15) is 0 Å². The second-order valence-electron chi connectivity index (χ2n) is 4.52. The average molecular weight is 344 g/mol. The van der Waals surface area contributed by atoms with Crippen LogP contribution in [0.3, 0.4) is 0 Å². The van der Waals surface area contributed by atoms with E-state index in [9.17, 15) is 4.79 Å². The van der Waals surface area contributed by atoms with Crippen molar-refractivity contribution in [3.8, 4) is 0 Å². The molecule has 1 aliphatic heterocycles. The maximum absolute atomic E-state index is 12.2. The molecule has 2 rings (SSSR count). The molecule has 2 N–H and O–H groups in total. The maximum Gasteiger partial charge on any atom is 0.241 e. The summed E-state index contributed by atoms with van der Waals surface area (Å²) in [6.45, 7) is 3.07. The Kier molecular flexibility index (Phi) is 4.39. The lowest BCUT2D eigenvalue weighted by Gasteiger charge is -2.29. The molecular formula is C13H17IN2O. The Morgan fingerprint density at radius 3 is 2.94 bits per heavy atom. The number of rotatable bonds is 2. The molecule has 2 atom stereocenters. The van der Waals surface area contributed by atoms with Crippen LogP contribution in [0.5, 0.6) is 0 Å². The predicted molar refractivity (Wildman–Crippen MR) is 78.0 cm³/mol. The summed E-state index contributed by atoms with van der Waals surface area (Å²) in [4.78, 5) is 12.2.